The Morgan fingerprint density at radius 3 is 2.93 bits per heavy atom. The van der Waals surface area contributed by atoms with Crippen molar-refractivity contribution in [1.29, 1.82) is 0 Å². The first kappa shape index (κ1) is 20.1. The number of anilines is 1. The third-order valence-electron chi connectivity index (χ3n) is 5.96. The molecule has 0 aliphatic carbocycles. The summed E-state index contributed by atoms with van der Waals surface area (Å²) in [5.74, 6) is 0. The van der Waals surface area contributed by atoms with E-state index in [1.165, 1.54) is 23.2 Å². The minimum Gasteiger partial charge on any atom is -0.385 e. The Labute approximate surface area is 179 Å². The summed E-state index contributed by atoms with van der Waals surface area (Å²) in [6.07, 6.45) is 13.0. The molecule has 5 nitrogen and oxygen atoms in total. The number of nitrogens with zero attached hydrogens (tertiary/aromatic N) is 3. The number of benzene rings is 1. The van der Waals surface area contributed by atoms with Crippen LogP contribution in [-0.4, -0.2) is 66.4 Å². The first-order valence-corrected chi connectivity index (χ1v) is 11.2. The van der Waals surface area contributed by atoms with E-state index in [2.05, 4.69) is 68.0 Å². The zero-order valence-electron chi connectivity index (χ0n) is 17.0. The van der Waals surface area contributed by atoms with Crippen molar-refractivity contribution in [3.8, 4) is 0 Å². The van der Waals surface area contributed by atoms with E-state index in [1.807, 2.05) is 6.21 Å². The van der Waals surface area contributed by atoms with E-state index in [-0.39, 0.29) is 0 Å². The van der Waals surface area contributed by atoms with E-state index in [1.54, 1.807) is 0 Å². The number of rotatable bonds is 2. The molecule has 0 saturated carbocycles. The summed E-state index contributed by atoms with van der Waals surface area (Å²) in [4.78, 5) is 9.24. The number of aliphatic imine (C=N–C) groups is 1. The van der Waals surface area contributed by atoms with Crippen LogP contribution in [0.15, 0.2) is 47.6 Å². The Balaban J connectivity index is 1.33. The smallest absolute Gasteiger partial charge is 0.173 e. The third-order valence-corrected chi connectivity index (χ3v) is 6.34. The van der Waals surface area contributed by atoms with Crippen molar-refractivity contribution in [2.75, 3.05) is 44.6 Å². The van der Waals surface area contributed by atoms with Crippen LogP contribution in [0.25, 0.3) is 5.57 Å². The number of nitrogens with one attached hydrogen (secondary N) is 2. The molecule has 1 aromatic carbocycles. The summed E-state index contributed by atoms with van der Waals surface area (Å²) >= 11 is 5.71. The van der Waals surface area contributed by atoms with Gasteiger partial charge in [-0.3, -0.25) is 9.89 Å². The van der Waals surface area contributed by atoms with Gasteiger partial charge in [0.25, 0.3) is 0 Å². The molecule has 3 aliphatic heterocycles. The van der Waals surface area contributed by atoms with E-state index in [9.17, 15) is 0 Å². The Morgan fingerprint density at radius 1 is 1.17 bits per heavy atom. The maximum absolute atomic E-state index is 5.71. The van der Waals surface area contributed by atoms with E-state index in [0.29, 0.717) is 6.04 Å². The number of para-hydroxylation sites is 1. The van der Waals surface area contributed by atoms with Crippen molar-refractivity contribution >= 4 is 34.8 Å². The average Bonchev–Trinajstić information content (AvgIpc) is 2.94. The van der Waals surface area contributed by atoms with Crippen LogP contribution in [0, 0.1) is 0 Å². The summed E-state index contributed by atoms with van der Waals surface area (Å²) in [5.41, 5.74) is 3.83. The number of piperazine rings is 1. The second kappa shape index (κ2) is 10.0. The highest BCUT2D eigenvalue weighted by molar-refractivity contribution is 7.80. The zero-order valence-corrected chi connectivity index (χ0v) is 17.8. The van der Waals surface area contributed by atoms with Gasteiger partial charge in [0, 0.05) is 69.0 Å². The minimum atomic E-state index is 0.530. The van der Waals surface area contributed by atoms with E-state index in [0.717, 1.165) is 63.6 Å². The van der Waals surface area contributed by atoms with Crippen LogP contribution < -0.4 is 10.6 Å². The third kappa shape index (κ3) is 5.25. The highest BCUT2D eigenvalue weighted by atomic mass is 32.1. The fraction of sp³-hybridized carbons (Fsp3) is 0.478. The molecule has 154 valence electrons. The molecule has 3 aliphatic rings. The van der Waals surface area contributed by atoms with Crippen LogP contribution in [0.3, 0.4) is 0 Å². The average molecular weight is 410 g/mol. The van der Waals surface area contributed by atoms with Gasteiger partial charge >= 0.3 is 0 Å². The van der Waals surface area contributed by atoms with E-state index >= 15 is 0 Å². The van der Waals surface area contributed by atoms with Crippen molar-refractivity contribution in [3.05, 3.63) is 48.2 Å². The van der Waals surface area contributed by atoms with Crippen molar-refractivity contribution < 1.29 is 0 Å². The molecule has 0 bridgehead atoms. The maximum atomic E-state index is 5.71. The molecule has 0 radical (unpaired) electrons. The Morgan fingerprint density at radius 2 is 2.03 bits per heavy atom. The molecule has 6 heteroatoms. The van der Waals surface area contributed by atoms with Gasteiger partial charge in [-0.2, -0.15) is 0 Å². The Bertz CT molecular complexity index is 792. The molecule has 3 heterocycles. The number of allylic oxidation sites excluding steroid dienone is 2. The van der Waals surface area contributed by atoms with E-state index in [4.69, 9.17) is 12.2 Å². The molecule has 0 spiro atoms. The fourth-order valence-electron chi connectivity index (χ4n) is 4.31. The van der Waals surface area contributed by atoms with Crippen LogP contribution in [0.5, 0.6) is 0 Å². The molecule has 1 atom stereocenters. The largest absolute Gasteiger partial charge is 0.385 e. The van der Waals surface area contributed by atoms with Gasteiger partial charge in [0.2, 0.25) is 0 Å². The van der Waals surface area contributed by atoms with E-state index < -0.39 is 0 Å². The van der Waals surface area contributed by atoms with Crippen molar-refractivity contribution in [2.24, 2.45) is 4.99 Å². The summed E-state index contributed by atoms with van der Waals surface area (Å²) in [5, 5.41) is 7.78. The highest BCUT2D eigenvalue weighted by Gasteiger charge is 2.23. The van der Waals surface area contributed by atoms with Gasteiger partial charge < -0.3 is 15.5 Å². The summed E-state index contributed by atoms with van der Waals surface area (Å²) in [7, 11) is 0. The van der Waals surface area contributed by atoms with Gasteiger partial charge in [-0.1, -0.05) is 24.3 Å². The lowest BCUT2D eigenvalue weighted by atomic mass is 10.0. The molecule has 0 amide bonds. The predicted molar refractivity (Wildman–Crippen MR) is 127 cm³/mol. The number of hydrogen-bond donors (Lipinski definition) is 2. The predicted octanol–water partition coefficient (Wildman–Crippen LogP) is 3.51. The molecule has 1 unspecified atom stereocenters. The number of hydrogen-bond acceptors (Lipinski definition) is 4. The van der Waals surface area contributed by atoms with Crippen LogP contribution in [0.4, 0.5) is 5.69 Å². The summed E-state index contributed by atoms with van der Waals surface area (Å²) < 4.78 is 0. The molecule has 2 N–H and O–H groups in total. The molecule has 1 saturated heterocycles. The first-order valence-electron chi connectivity index (χ1n) is 10.8. The van der Waals surface area contributed by atoms with Crippen LogP contribution in [-0.2, 0) is 0 Å². The standard InChI is InChI=1S/C23H31N5S/c29-23(26-18-19-6-3-13-25-22-10-2-1-9-21(19)22)28-16-14-27(15-17-28)20-7-4-11-24-12-5-8-20/h1-2,4,7,9-11,18,20,25H,3,5-6,8,12-17H2,(H,26,29)/b7-4-,19-18-,24-11?. The van der Waals surface area contributed by atoms with Crippen molar-refractivity contribution in [3.63, 3.8) is 0 Å². The lowest BCUT2D eigenvalue weighted by Crippen LogP contribution is -2.53. The van der Waals surface area contributed by atoms with Gasteiger partial charge in [-0.25, -0.2) is 0 Å². The SMILES string of the molecule is S=C(N/C=C1/CCCNc2ccccc21)N1CCN(C2/C=C\C=NCCC2)CC1. The number of fused-ring (bicyclic) bond motifs is 1. The minimum absolute atomic E-state index is 0.530. The van der Waals surface area contributed by atoms with Crippen molar-refractivity contribution in [2.45, 2.75) is 31.7 Å². The summed E-state index contributed by atoms with van der Waals surface area (Å²) in [6.45, 7) is 6.02. The molecule has 1 aromatic rings. The van der Waals surface area contributed by atoms with Gasteiger partial charge in [-0.05, 0) is 55.6 Å². The van der Waals surface area contributed by atoms with Gasteiger partial charge in [0.15, 0.2) is 5.11 Å². The van der Waals surface area contributed by atoms with Gasteiger partial charge in [0.1, 0.15) is 0 Å². The van der Waals surface area contributed by atoms with Crippen LogP contribution >= 0.6 is 12.2 Å². The normalized spacial score (nSPS) is 25.3. The van der Waals surface area contributed by atoms with Crippen molar-refractivity contribution in [1.82, 2.24) is 15.1 Å². The lowest BCUT2D eigenvalue weighted by molar-refractivity contribution is 0.147. The monoisotopic (exact) mass is 409 g/mol. The zero-order chi connectivity index (χ0) is 19.9. The quantitative estimate of drug-likeness (QED) is 0.732. The molecule has 1 fully saturated rings. The fourth-order valence-corrected chi connectivity index (χ4v) is 4.55. The lowest BCUT2D eigenvalue weighted by Gasteiger charge is -2.39. The topological polar surface area (TPSA) is 42.9 Å². The molecule has 0 aromatic heterocycles. The highest BCUT2D eigenvalue weighted by Crippen LogP contribution is 2.29. The Kier molecular flexibility index (Phi) is 6.96. The molecular weight excluding hydrogens is 378 g/mol. The Hall–Kier alpha value is -2.18. The second-order valence-electron chi connectivity index (χ2n) is 7.87. The van der Waals surface area contributed by atoms with Gasteiger partial charge in [-0.15, -0.1) is 0 Å². The van der Waals surface area contributed by atoms with Crippen LogP contribution in [0.1, 0.15) is 31.2 Å². The molecule has 29 heavy (non-hydrogen) atoms. The van der Waals surface area contributed by atoms with Gasteiger partial charge in [0.05, 0.1) is 0 Å². The molecular formula is C23H31N5S. The first-order chi connectivity index (χ1) is 14.3. The maximum Gasteiger partial charge on any atom is 0.173 e. The number of thiocarbonyl (C=S) groups is 1. The second-order valence-corrected chi connectivity index (χ2v) is 8.25. The molecule has 4 rings (SSSR count). The summed E-state index contributed by atoms with van der Waals surface area (Å²) in [6, 6.07) is 9.07. The van der Waals surface area contributed by atoms with Crippen LogP contribution in [0.2, 0.25) is 0 Å².